The van der Waals surface area contributed by atoms with Gasteiger partial charge in [-0.25, -0.2) is 10.4 Å². The van der Waals surface area contributed by atoms with Gasteiger partial charge in [-0.15, -0.1) is 11.3 Å². The van der Waals surface area contributed by atoms with Crippen molar-refractivity contribution in [3.8, 4) is 10.4 Å². The molecule has 0 bridgehead atoms. The number of nitrogens with two attached hydrogens (primary N) is 2. The second kappa shape index (κ2) is 11.0. The van der Waals surface area contributed by atoms with Gasteiger partial charge in [0.1, 0.15) is 17.8 Å². The van der Waals surface area contributed by atoms with E-state index in [1.807, 2.05) is 74.1 Å². The van der Waals surface area contributed by atoms with Gasteiger partial charge in [0.2, 0.25) is 11.8 Å². The van der Waals surface area contributed by atoms with Crippen LogP contribution in [0.3, 0.4) is 0 Å². The summed E-state index contributed by atoms with van der Waals surface area (Å²) in [6, 6.07) is 6.22. The number of hydrogen-bond acceptors (Lipinski definition) is 8. The monoisotopic (exact) mass is 554 g/mol. The lowest BCUT2D eigenvalue weighted by Crippen LogP contribution is -2.91. The van der Waals surface area contributed by atoms with Gasteiger partial charge in [-0.05, 0) is 36.3 Å². The molecule has 1 saturated heterocycles. The van der Waals surface area contributed by atoms with Crippen LogP contribution in [0.4, 0.5) is 0 Å². The Kier molecular flexibility index (Phi) is 7.80. The minimum atomic E-state index is -0.774. The summed E-state index contributed by atoms with van der Waals surface area (Å²) >= 11 is 1.59. The van der Waals surface area contributed by atoms with Crippen LogP contribution in [-0.4, -0.2) is 63.1 Å². The van der Waals surface area contributed by atoms with Gasteiger partial charge < -0.3 is 21.1 Å². The zero-order valence-corrected chi connectivity index (χ0v) is 23.9. The molecular weight excluding hydrogens is 514 g/mol. The number of β-amino-alcohol motifs (C(OH)–C–C–N with tert-alkyl or cyclic N) is 1. The Morgan fingerprint density at radius 1 is 1.28 bits per heavy atom. The number of carbonyl (C=O) groups is 2. The number of rotatable bonds is 8. The topological polar surface area (TPSA) is 140 Å². The van der Waals surface area contributed by atoms with E-state index in [2.05, 4.69) is 15.8 Å². The zero-order chi connectivity index (χ0) is 27.9. The van der Waals surface area contributed by atoms with Gasteiger partial charge in [0, 0.05) is 25.4 Å². The Bertz CT molecular complexity index is 1230. The van der Waals surface area contributed by atoms with E-state index in [1.54, 1.807) is 16.2 Å². The van der Waals surface area contributed by atoms with E-state index in [4.69, 9.17) is 5.73 Å². The Morgan fingerprint density at radius 2 is 2.00 bits per heavy atom. The summed E-state index contributed by atoms with van der Waals surface area (Å²) in [7, 11) is 0. The first-order valence-corrected chi connectivity index (χ1v) is 14.5. The molecule has 1 saturated carbocycles. The fraction of sp³-hybridized carbons (Fsp3) is 0.536. The van der Waals surface area contributed by atoms with Crippen molar-refractivity contribution in [2.75, 3.05) is 13.1 Å². The normalized spacial score (nSPS) is 23.1. The smallest absolute Gasteiger partial charge is 0.248 e. The highest BCUT2D eigenvalue weighted by Gasteiger charge is 2.48. The maximum Gasteiger partial charge on any atom is 0.248 e. The summed E-state index contributed by atoms with van der Waals surface area (Å²) in [6.45, 7) is 8.37. The molecular formula is C28H40N7O3S+. The SMILES string of the molecule is Cc1ncsc1-c1ccc([C@H](CN)NC(=O)[C@@H]2C[C@@H](O)CN2C(=O)[C@@H](N2C=C(C3CC3)[NH2+]N2)C(C)(C)C)cc1. The fourth-order valence-corrected chi connectivity index (χ4v) is 6.35. The zero-order valence-electron chi connectivity index (χ0n) is 23.1. The van der Waals surface area contributed by atoms with Gasteiger partial charge in [0.05, 0.1) is 34.4 Å². The molecule has 2 amide bonds. The highest BCUT2D eigenvalue weighted by atomic mass is 32.1. The molecule has 2 aromatic rings. The van der Waals surface area contributed by atoms with E-state index in [-0.39, 0.29) is 31.3 Å². The number of aryl methyl sites for hydroxylation is 1. The van der Waals surface area contributed by atoms with Gasteiger partial charge >= 0.3 is 0 Å². The lowest BCUT2D eigenvalue weighted by Gasteiger charge is -2.38. The molecule has 210 valence electrons. The van der Waals surface area contributed by atoms with Crippen molar-refractivity contribution < 1.29 is 20.1 Å². The van der Waals surface area contributed by atoms with Crippen molar-refractivity contribution in [1.82, 2.24) is 25.7 Å². The van der Waals surface area contributed by atoms with Crippen LogP contribution in [0, 0.1) is 18.3 Å². The molecule has 7 N–H and O–H groups in total. The second-order valence-electron chi connectivity index (χ2n) is 11.9. The highest BCUT2D eigenvalue weighted by Crippen LogP contribution is 2.36. The number of benzene rings is 1. The molecule has 1 aromatic heterocycles. The van der Waals surface area contributed by atoms with Gasteiger partial charge in [-0.1, -0.05) is 50.6 Å². The van der Waals surface area contributed by atoms with Crippen molar-refractivity contribution in [3.05, 3.63) is 52.9 Å². The third-order valence-electron chi connectivity index (χ3n) is 7.79. The lowest BCUT2D eigenvalue weighted by molar-refractivity contribution is -0.680. The number of amides is 2. The quantitative estimate of drug-likeness (QED) is 0.309. The number of hydrazine groups is 1. The van der Waals surface area contributed by atoms with Gasteiger partial charge in [-0.3, -0.25) is 14.6 Å². The predicted octanol–water partition coefficient (Wildman–Crippen LogP) is 1.16. The van der Waals surface area contributed by atoms with E-state index in [9.17, 15) is 14.7 Å². The van der Waals surface area contributed by atoms with Crippen LogP contribution in [0.25, 0.3) is 10.4 Å². The molecule has 1 aromatic carbocycles. The number of likely N-dealkylation sites (tertiary alicyclic amines) is 1. The number of carbonyl (C=O) groups excluding carboxylic acids is 2. The first-order valence-electron chi connectivity index (χ1n) is 13.7. The van der Waals surface area contributed by atoms with E-state index < -0.39 is 29.6 Å². The fourth-order valence-electron chi connectivity index (χ4n) is 5.53. The molecule has 2 fully saturated rings. The first kappa shape index (κ1) is 27.7. The first-order chi connectivity index (χ1) is 18.6. The predicted molar refractivity (Wildman–Crippen MR) is 149 cm³/mol. The van der Waals surface area contributed by atoms with E-state index in [0.29, 0.717) is 5.92 Å². The Morgan fingerprint density at radius 3 is 2.59 bits per heavy atom. The number of aromatic nitrogens is 1. The average molecular weight is 555 g/mol. The largest absolute Gasteiger partial charge is 0.391 e. The van der Waals surface area contributed by atoms with Crippen LogP contribution in [0.2, 0.25) is 0 Å². The number of aliphatic hydroxyl groups excluding tert-OH is 1. The third kappa shape index (κ3) is 5.87. The highest BCUT2D eigenvalue weighted by molar-refractivity contribution is 7.13. The van der Waals surface area contributed by atoms with E-state index in [0.717, 1.165) is 21.7 Å². The van der Waals surface area contributed by atoms with Crippen LogP contribution in [-0.2, 0) is 9.59 Å². The average Bonchev–Trinajstić information content (AvgIpc) is 3.26. The molecule has 0 radical (unpaired) electrons. The molecule has 1 aliphatic carbocycles. The minimum absolute atomic E-state index is 0.121. The number of allylic oxidation sites excluding steroid dienone is 1. The molecule has 3 aliphatic rings. The molecule has 0 spiro atoms. The standard InChI is InChI=1S/C28H39N7O3S/c1-16-24(39-15-30-16)19-9-7-17(8-10-19)21(12-29)31-26(37)23-11-20(36)13-34(23)27(38)25(28(2,3)4)35-14-22(32-33-35)18-5-6-18/h7-10,14-15,18,20-21,23,25,32-33,36H,5-6,11-13,29H2,1-4H3,(H,31,37)/p+1/t20-,21+,23+,25-/m1/s1. The number of aliphatic hydroxyl groups is 1. The van der Waals surface area contributed by atoms with Crippen molar-refractivity contribution in [2.45, 2.75) is 71.2 Å². The molecule has 10 nitrogen and oxygen atoms in total. The number of quaternary nitrogens is 1. The number of thiazole rings is 1. The van der Waals surface area contributed by atoms with Crippen molar-refractivity contribution >= 4 is 23.2 Å². The van der Waals surface area contributed by atoms with Crippen molar-refractivity contribution in [2.24, 2.45) is 17.1 Å². The Balaban J connectivity index is 1.31. The second-order valence-corrected chi connectivity index (χ2v) is 12.8. The maximum absolute atomic E-state index is 14.0. The van der Waals surface area contributed by atoms with Crippen molar-refractivity contribution in [1.29, 1.82) is 0 Å². The molecule has 39 heavy (non-hydrogen) atoms. The maximum atomic E-state index is 14.0. The summed E-state index contributed by atoms with van der Waals surface area (Å²) < 4.78 is 0. The summed E-state index contributed by atoms with van der Waals surface area (Å²) in [4.78, 5) is 34.6. The molecule has 0 unspecified atom stereocenters. The van der Waals surface area contributed by atoms with Crippen molar-refractivity contribution in [3.63, 3.8) is 0 Å². The molecule has 3 heterocycles. The Hall–Kier alpha value is -2.83. The van der Waals surface area contributed by atoms with Crippen LogP contribution in [0.1, 0.15) is 57.3 Å². The number of nitrogens with one attached hydrogen (secondary N) is 2. The molecule has 4 atom stereocenters. The molecule has 2 aliphatic heterocycles. The van der Waals surface area contributed by atoms with Gasteiger partial charge in [-0.2, -0.15) is 0 Å². The lowest BCUT2D eigenvalue weighted by atomic mass is 9.85. The van der Waals surface area contributed by atoms with E-state index >= 15 is 0 Å². The summed E-state index contributed by atoms with van der Waals surface area (Å²) in [6.07, 6.45) is 3.79. The van der Waals surface area contributed by atoms with Crippen LogP contribution >= 0.6 is 11.3 Å². The van der Waals surface area contributed by atoms with Crippen LogP contribution in [0.5, 0.6) is 0 Å². The summed E-state index contributed by atoms with van der Waals surface area (Å²) in [5, 5.41) is 15.5. The third-order valence-corrected chi connectivity index (χ3v) is 8.76. The van der Waals surface area contributed by atoms with E-state index in [1.165, 1.54) is 18.5 Å². The summed E-state index contributed by atoms with van der Waals surface area (Å²) in [5.74, 6) is 0.0705. The minimum Gasteiger partial charge on any atom is -0.391 e. The molecule has 5 rings (SSSR count). The van der Waals surface area contributed by atoms with Crippen LogP contribution < -0.4 is 22.0 Å². The van der Waals surface area contributed by atoms with Gasteiger partial charge in [0.15, 0.2) is 0 Å². The summed E-state index contributed by atoms with van der Waals surface area (Å²) in [5.41, 5.74) is 16.9. The Labute approximate surface area is 233 Å². The van der Waals surface area contributed by atoms with Crippen LogP contribution in [0.15, 0.2) is 41.7 Å². The number of nitrogens with zero attached hydrogens (tertiary/aromatic N) is 3. The number of hydrogen-bond donors (Lipinski definition) is 5. The van der Waals surface area contributed by atoms with Gasteiger partial charge in [0.25, 0.3) is 0 Å². The molecule has 11 heteroatoms.